The van der Waals surface area contributed by atoms with E-state index in [-0.39, 0.29) is 0 Å². The predicted octanol–water partition coefficient (Wildman–Crippen LogP) is 3.98. The molecule has 1 N–H and O–H groups in total. The van der Waals surface area contributed by atoms with Crippen LogP contribution in [-0.4, -0.2) is 15.0 Å². The Hall–Kier alpha value is -2.08. The van der Waals surface area contributed by atoms with E-state index in [9.17, 15) is 4.39 Å². The van der Waals surface area contributed by atoms with Crippen molar-refractivity contribution < 1.29 is 4.39 Å². The summed E-state index contributed by atoms with van der Waals surface area (Å²) in [6.07, 6.45) is 1.41. The number of nitrogens with zero attached hydrogens (tertiary/aromatic N) is 3. The molecule has 6 heteroatoms. The first-order valence-corrected chi connectivity index (χ1v) is 6.73. The summed E-state index contributed by atoms with van der Waals surface area (Å²) in [5, 5.41) is 3.78. The Morgan fingerprint density at radius 2 is 2.05 bits per heavy atom. The van der Waals surface area contributed by atoms with E-state index in [1.807, 2.05) is 24.3 Å². The Kier molecular flexibility index (Phi) is 3.31. The molecule has 20 heavy (non-hydrogen) atoms. The van der Waals surface area contributed by atoms with Gasteiger partial charge in [-0.1, -0.05) is 22.0 Å². The van der Waals surface area contributed by atoms with Crippen molar-refractivity contribution in [1.29, 1.82) is 0 Å². The van der Waals surface area contributed by atoms with Gasteiger partial charge in [-0.15, -0.1) is 0 Å². The van der Waals surface area contributed by atoms with Gasteiger partial charge in [0.05, 0.1) is 11.7 Å². The Morgan fingerprint density at radius 1 is 1.20 bits per heavy atom. The van der Waals surface area contributed by atoms with E-state index in [4.69, 9.17) is 0 Å². The van der Waals surface area contributed by atoms with Gasteiger partial charge in [-0.3, -0.25) is 0 Å². The number of benzene rings is 1. The molecule has 0 atom stereocenters. The third-order valence-corrected chi connectivity index (χ3v) is 3.24. The average molecular weight is 333 g/mol. The quantitative estimate of drug-likeness (QED) is 0.721. The monoisotopic (exact) mass is 332 g/mol. The van der Waals surface area contributed by atoms with Gasteiger partial charge in [0.15, 0.2) is 0 Å². The first-order chi connectivity index (χ1) is 9.61. The third-order valence-electron chi connectivity index (χ3n) is 2.75. The molecule has 0 amide bonds. The Balaban J connectivity index is 2.12. The van der Waals surface area contributed by atoms with E-state index >= 15 is 0 Å². The van der Waals surface area contributed by atoms with Crippen LogP contribution in [0.3, 0.4) is 0 Å². The molecule has 0 radical (unpaired) electrons. The molecule has 4 nitrogen and oxygen atoms in total. The van der Waals surface area contributed by atoms with Gasteiger partial charge in [0, 0.05) is 21.6 Å². The molecule has 0 aliphatic carbocycles. The molecule has 0 bridgehead atoms. The van der Waals surface area contributed by atoms with Crippen LogP contribution in [0.4, 0.5) is 15.9 Å². The van der Waals surface area contributed by atoms with Crippen molar-refractivity contribution in [2.45, 2.75) is 6.92 Å². The van der Waals surface area contributed by atoms with E-state index in [1.54, 1.807) is 6.92 Å². The van der Waals surface area contributed by atoms with Crippen molar-refractivity contribution in [2.75, 3.05) is 5.32 Å². The number of rotatable bonds is 2. The van der Waals surface area contributed by atoms with Crippen molar-refractivity contribution in [1.82, 2.24) is 15.0 Å². The lowest BCUT2D eigenvalue weighted by Crippen LogP contribution is -2.00. The van der Waals surface area contributed by atoms with E-state index in [0.717, 1.165) is 10.2 Å². The van der Waals surface area contributed by atoms with E-state index in [1.165, 1.54) is 12.3 Å². The normalized spacial score (nSPS) is 10.8. The van der Waals surface area contributed by atoms with Crippen molar-refractivity contribution >= 4 is 38.3 Å². The first kappa shape index (κ1) is 12.9. The molecule has 2 aromatic heterocycles. The van der Waals surface area contributed by atoms with E-state index in [2.05, 4.69) is 36.2 Å². The second kappa shape index (κ2) is 5.13. The summed E-state index contributed by atoms with van der Waals surface area (Å²) in [4.78, 5) is 12.2. The molecule has 100 valence electrons. The van der Waals surface area contributed by atoms with Gasteiger partial charge < -0.3 is 5.32 Å². The van der Waals surface area contributed by atoms with Crippen molar-refractivity contribution in [2.24, 2.45) is 0 Å². The zero-order valence-corrected chi connectivity index (χ0v) is 12.1. The molecular formula is C14H10BrFN4. The minimum absolute atomic E-state index is 0.553. The Bertz CT molecular complexity index is 791. The highest BCUT2D eigenvalue weighted by Crippen LogP contribution is 2.25. The minimum Gasteiger partial charge on any atom is -0.340 e. The minimum atomic E-state index is -0.553. The lowest BCUT2D eigenvalue weighted by Gasteiger charge is -2.09. The van der Waals surface area contributed by atoms with Crippen LogP contribution >= 0.6 is 15.9 Å². The number of nitrogens with one attached hydrogen (secondary N) is 1. The van der Waals surface area contributed by atoms with Crippen molar-refractivity contribution in [3.05, 3.63) is 52.8 Å². The molecular weight excluding hydrogens is 323 g/mol. The standard InChI is InChI=1S/C14H10BrFN4/c1-8-18-12-7-17-13(16)6-11(12)14(19-8)20-10-4-2-3-9(15)5-10/h2-7H,1H3,(H,18,19,20). The maximum Gasteiger partial charge on any atom is 0.213 e. The van der Waals surface area contributed by atoms with Gasteiger partial charge >= 0.3 is 0 Å². The molecule has 0 fully saturated rings. The summed E-state index contributed by atoms with van der Waals surface area (Å²) >= 11 is 3.41. The van der Waals surface area contributed by atoms with Crippen molar-refractivity contribution in [3.8, 4) is 0 Å². The highest BCUT2D eigenvalue weighted by Gasteiger charge is 2.08. The largest absolute Gasteiger partial charge is 0.340 e. The Morgan fingerprint density at radius 3 is 2.85 bits per heavy atom. The topological polar surface area (TPSA) is 50.7 Å². The fourth-order valence-corrected chi connectivity index (χ4v) is 2.32. The number of fused-ring (bicyclic) bond motifs is 1. The van der Waals surface area contributed by atoms with Gasteiger partial charge in [0.1, 0.15) is 11.6 Å². The zero-order valence-electron chi connectivity index (χ0n) is 10.6. The number of pyridine rings is 1. The maximum atomic E-state index is 13.3. The molecule has 0 unspecified atom stereocenters. The van der Waals surface area contributed by atoms with Crippen LogP contribution in [0.1, 0.15) is 5.82 Å². The number of hydrogen-bond acceptors (Lipinski definition) is 4. The van der Waals surface area contributed by atoms with Gasteiger partial charge in [0.25, 0.3) is 0 Å². The van der Waals surface area contributed by atoms with Crippen LogP contribution in [0.5, 0.6) is 0 Å². The number of halogens is 2. The summed E-state index contributed by atoms with van der Waals surface area (Å²) in [5.41, 5.74) is 1.47. The number of aryl methyl sites for hydroxylation is 1. The zero-order chi connectivity index (χ0) is 14.1. The average Bonchev–Trinajstić information content (AvgIpc) is 2.39. The van der Waals surface area contributed by atoms with Crippen LogP contribution < -0.4 is 5.32 Å². The van der Waals surface area contributed by atoms with Crippen LogP contribution in [0.15, 0.2) is 41.0 Å². The third kappa shape index (κ3) is 2.60. The smallest absolute Gasteiger partial charge is 0.213 e. The number of aromatic nitrogens is 3. The first-order valence-electron chi connectivity index (χ1n) is 5.94. The SMILES string of the molecule is Cc1nc(Nc2cccc(Br)c2)c2cc(F)ncc2n1. The highest BCUT2D eigenvalue weighted by molar-refractivity contribution is 9.10. The van der Waals surface area contributed by atoms with Gasteiger partial charge in [-0.2, -0.15) is 4.39 Å². The summed E-state index contributed by atoms with van der Waals surface area (Å²) < 4.78 is 14.3. The van der Waals surface area contributed by atoms with Crippen molar-refractivity contribution in [3.63, 3.8) is 0 Å². The van der Waals surface area contributed by atoms with E-state index in [0.29, 0.717) is 22.5 Å². The molecule has 0 saturated heterocycles. The fourth-order valence-electron chi connectivity index (χ4n) is 1.92. The number of anilines is 2. The lowest BCUT2D eigenvalue weighted by atomic mass is 10.2. The number of hydrogen-bond donors (Lipinski definition) is 1. The second-order valence-corrected chi connectivity index (χ2v) is 5.19. The van der Waals surface area contributed by atoms with Crippen LogP contribution in [0.25, 0.3) is 10.9 Å². The Labute approximate surface area is 123 Å². The molecule has 1 aromatic carbocycles. The van der Waals surface area contributed by atoms with Crippen LogP contribution in [-0.2, 0) is 0 Å². The molecule has 3 rings (SSSR count). The highest BCUT2D eigenvalue weighted by atomic mass is 79.9. The van der Waals surface area contributed by atoms with Gasteiger partial charge in [0.2, 0.25) is 5.95 Å². The molecule has 0 aliphatic heterocycles. The van der Waals surface area contributed by atoms with Crippen LogP contribution in [0.2, 0.25) is 0 Å². The second-order valence-electron chi connectivity index (χ2n) is 4.28. The predicted molar refractivity (Wildman–Crippen MR) is 79.5 cm³/mol. The van der Waals surface area contributed by atoms with Gasteiger partial charge in [-0.05, 0) is 25.1 Å². The maximum absolute atomic E-state index is 13.3. The lowest BCUT2D eigenvalue weighted by molar-refractivity contribution is 0.586. The summed E-state index contributed by atoms with van der Waals surface area (Å²) in [6.45, 7) is 1.79. The summed E-state index contributed by atoms with van der Waals surface area (Å²) in [6, 6.07) is 8.99. The molecule has 0 aliphatic rings. The molecule has 0 spiro atoms. The van der Waals surface area contributed by atoms with Crippen LogP contribution in [0, 0.1) is 12.9 Å². The fraction of sp³-hybridized carbons (Fsp3) is 0.0714. The van der Waals surface area contributed by atoms with Gasteiger partial charge in [-0.25, -0.2) is 15.0 Å². The van der Waals surface area contributed by atoms with E-state index < -0.39 is 5.95 Å². The molecule has 3 aromatic rings. The molecule has 0 saturated carbocycles. The summed E-state index contributed by atoms with van der Waals surface area (Å²) in [7, 11) is 0. The summed E-state index contributed by atoms with van der Waals surface area (Å²) in [5.74, 6) is 0.609. The molecule has 2 heterocycles.